The number of nitrogens with zero attached hydrogens (tertiary/aromatic N) is 1. The summed E-state index contributed by atoms with van der Waals surface area (Å²) in [5.41, 5.74) is 1.13. The number of hydrogen-bond donors (Lipinski definition) is 1. The van der Waals surface area contributed by atoms with Crippen LogP contribution in [0.5, 0.6) is 0 Å². The SMILES string of the molecule is N#Cc1ccc(CC(=O)Nc2ccc(F)cc2F)cc1. The Morgan fingerprint density at radius 2 is 1.85 bits per heavy atom. The lowest BCUT2D eigenvalue weighted by atomic mass is 10.1. The Morgan fingerprint density at radius 3 is 2.45 bits per heavy atom. The van der Waals surface area contributed by atoms with E-state index >= 15 is 0 Å². The van der Waals surface area contributed by atoms with Gasteiger partial charge in [-0.3, -0.25) is 4.79 Å². The summed E-state index contributed by atoms with van der Waals surface area (Å²) < 4.78 is 26.1. The number of carbonyl (C=O) groups is 1. The molecule has 100 valence electrons. The lowest BCUT2D eigenvalue weighted by molar-refractivity contribution is -0.115. The van der Waals surface area contributed by atoms with Crippen LogP contribution in [0.4, 0.5) is 14.5 Å². The third-order valence-corrected chi connectivity index (χ3v) is 2.65. The minimum absolute atomic E-state index is 0.0442. The van der Waals surface area contributed by atoms with Crippen LogP contribution >= 0.6 is 0 Å². The zero-order chi connectivity index (χ0) is 14.5. The fourth-order valence-corrected chi connectivity index (χ4v) is 1.67. The number of hydrogen-bond acceptors (Lipinski definition) is 2. The molecular weight excluding hydrogens is 262 g/mol. The van der Waals surface area contributed by atoms with Gasteiger partial charge in [-0.15, -0.1) is 0 Å². The van der Waals surface area contributed by atoms with Crippen molar-refractivity contribution in [2.45, 2.75) is 6.42 Å². The summed E-state index contributed by atoms with van der Waals surface area (Å²) in [4.78, 5) is 11.7. The molecule has 0 spiro atoms. The molecule has 2 aromatic carbocycles. The minimum Gasteiger partial charge on any atom is -0.323 e. The lowest BCUT2D eigenvalue weighted by Crippen LogP contribution is -2.15. The second kappa shape index (κ2) is 5.93. The summed E-state index contributed by atoms with van der Waals surface area (Å²) in [6.45, 7) is 0. The van der Waals surface area contributed by atoms with E-state index in [1.54, 1.807) is 24.3 Å². The molecule has 0 heterocycles. The first-order valence-electron chi connectivity index (χ1n) is 5.82. The van der Waals surface area contributed by atoms with Gasteiger partial charge in [-0.25, -0.2) is 8.78 Å². The van der Waals surface area contributed by atoms with Gasteiger partial charge in [0.1, 0.15) is 11.6 Å². The van der Waals surface area contributed by atoms with Crippen molar-refractivity contribution in [1.82, 2.24) is 0 Å². The van der Waals surface area contributed by atoms with Crippen LogP contribution in [-0.2, 0) is 11.2 Å². The van der Waals surface area contributed by atoms with Crippen LogP contribution in [0.3, 0.4) is 0 Å². The van der Waals surface area contributed by atoms with Crippen LogP contribution in [0, 0.1) is 23.0 Å². The van der Waals surface area contributed by atoms with E-state index in [0.29, 0.717) is 17.2 Å². The van der Waals surface area contributed by atoms with E-state index in [2.05, 4.69) is 5.32 Å². The molecule has 0 unspecified atom stereocenters. The summed E-state index contributed by atoms with van der Waals surface area (Å²) in [6, 6.07) is 11.4. The zero-order valence-corrected chi connectivity index (χ0v) is 10.4. The number of nitrogens with one attached hydrogen (secondary N) is 1. The van der Waals surface area contributed by atoms with Crippen molar-refractivity contribution in [2.75, 3.05) is 5.32 Å². The summed E-state index contributed by atoms with van der Waals surface area (Å²) in [7, 11) is 0. The first kappa shape index (κ1) is 13.7. The molecule has 3 nitrogen and oxygen atoms in total. The molecule has 20 heavy (non-hydrogen) atoms. The molecule has 0 aliphatic heterocycles. The molecule has 2 aromatic rings. The van der Waals surface area contributed by atoms with E-state index in [4.69, 9.17) is 5.26 Å². The highest BCUT2D eigenvalue weighted by atomic mass is 19.1. The summed E-state index contributed by atoms with van der Waals surface area (Å²) >= 11 is 0. The van der Waals surface area contributed by atoms with E-state index < -0.39 is 17.5 Å². The third-order valence-electron chi connectivity index (χ3n) is 2.65. The number of nitriles is 1. The highest BCUT2D eigenvalue weighted by molar-refractivity contribution is 5.92. The predicted molar refractivity (Wildman–Crippen MR) is 69.8 cm³/mol. The van der Waals surface area contributed by atoms with Crippen molar-refractivity contribution in [3.8, 4) is 6.07 Å². The van der Waals surface area contributed by atoms with Gasteiger partial charge in [0.25, 0.3) is 0 Å². The average Bonchev–Trinajstić information content (AvgIpc) is 2.43. The first-order chi connectivity index (χ1) is 9.58. The molecular formula is C15H10F2N2O. The van der Waals surface area contributed by atoms with Crippen molar-refractivity contribution in [3.05, 3.63) is 65.2 Å². The molecule has 2 rings (SSSR count). The fourth-order valence-electron chi connectivity index (χ4n) is 1.67. The Balaban J connectivity index is 2.03. The number of rotatable bonds is 3. The quantitative estimate of drug-likeness (QED) is 0.933. The number of halogens is 2. The largest absolute Gasteiger partial charge is 0.323 e. The van der Waals surface area contributed by atoms with Crippen molar-refractivity contribution < 1.29 is 13.6 Å². The van der Waals surface area contributed by atoms with Crippen LogP contribution in [0.1, 0.15) is 11.1 Å². The molecule has 0 fully saturated rings. The van der Waals surface area contributed by atoms with E-state index in [1.807, 2.05) is 6.07 Å². The molecule has 0 aliphatic rings. The molecule has 0 atom stereocenters. The van der Waals surface area contributed by atoms with Gasteiger partial charge in [0.2, 0.25) is 5.91 Å². The van der Waals surface area contributed by atoms with Gasteiger partial charge in [-0.2, -0.15) is 5.26 Å². The van der Waals surface area contributed by atoms with Crippen molar-refractivity contribution >= 4 is 11.6 Å². The second-order valence-corrected chi connectivity index (χ2v) is 4.16. The highest BCUT2D eigenvalue weighted by Gasteiger charge is 2.08. The molecule has 0 aliphatic carbocycles. The molecule has 0 saturated carbocycles. The van der Waals surface area contributed by atoms with E-state index in [1.165, 1.54) is 6.07 Å². The smallest absolute Gasteiger partial charge is 0.228 e. The van der Waals surface area contributed by atoms with Gasteiger partial charge in [0.05, 0.1) is 23.7 Å². The Hall–Kier alpha value is -2.74. The van der Waals surface area contributed by atoms with Crippen LogP contribution < -0.4 is 5.32 Å². The van der Waals surface area contributed by atoms with Crippen molar-refractivity contribution in [3.63, 3.8) is 0 Å². The number of anilines is 1. The first-order valence-corrected chi connectivity index (χ1v) is 5.82. The highest BCUT2D eigenvalue weighted by Crippen LogP contribution is 2.15. The third kappa shape index (κ3) is 3.39. The molecule has 0 radical (unpaired) electrons. The standard InChI is InChI=1S/C15H10F2N2O/c16-12-5-6-14(13(17)8-12)19-15(20)7-10-1-3-11(9-18)4-2-10/h1-6,8H,7H2,(H,19,20). The van der Waals surface area contributed by atoms with Crippen molar-refractivity contribution in [1.29, 1.82) is 5.26 Å². The number of amides is 1. The van der Waals surface area contributed by atoms with Gasteiger partial charge < -0.3 is 5.32 Å². The van der Waals surface area contributed by atoms with Crippen LogP contribution in [0.2, 0.25) is 0 Å². The van der Waals surface area contributed by atoms with Gasteiger partial charge in [-0.05, 0) is 29.8 Å². The van der Waals surface area contributed by atoms with Crippen LogP contribution in [0.15, 0.2) is 42.5 Å². The van der Waals surface area contributed by atoms with Gasteiger partial charge in [0.15, 0.2) is 0 Å². The maximum absolute atomic E-state index is 13.4. The topological polar surface area (TPSA) is 52.9 Å². The van der Waals surface area contributed by atoms with Gasteiger partial charge >= 0.3 is 0 Å². The Bertz CT molecular complexity index is 675. The molecule has 1 N–H and O–H groups in total. The number of carbonyl (C=O) groups excluding carboxylic acids is 1. The fraction of sp³-hybridized carbons (Fsp3) is 0.0667. The predicted octanol–water partition coefficient (Wildman–Crippen LogP) is 3.02. The van der Waals surface area contributed by atoms with E-state index in [-0.39, 0.29) is 12.1 Å². The Kier molecular flexibility index (Phi) is 4.06. The Morgan fingerprint density at radius 1 is 1.15 bits per heavy atom. The van der Waals surface area contributed by atoms with Crippen LogP contribution in [0.25, 0.3) is 0 Å². The molecule has 0 saturated heterocycles. The maximum atomic E-state index is 13.4. The average molecular weight is 272 g/mol. The van der Waals surface area contributed by atoms with Crippen LogP contribution in [-0.4, -0.2) is 5.91 Å². The number of benzene rings is 2. The lowest BCUT2D eigenvalue weighted by Gasteiger charge is -2.06. The summed E-state index contributed by atoms with van der Waals surface area (Å²) in [5.74, 6) is -1.94. The Labute approximate surface area is 114 Å². The maximum Gasteiger partial charge on any atom is 0.228 e. The van der Waals surface area contributed by atoms with E-state index in [0.717, 1.165) is 6.07 Å². The van der Waals surface area contributed by atoms with Gasteiger partial charge in [-0.1, -0.05) is 12.1 Å². The minimum atomic E-state index is -0.821. The van der Waals surface area contributed by atoms with E-state index in [9.17, 15) is 13.6 Å². The normalized spacial score (nSPS) is 9.85. The summed E-state index contributed by atoms with van der Waals surface area (Å²) in [6.07, 6.45) is 0.0442. The molecule has 5 heteroatoms. The summed E-state index contributed by atoms with van der Waals surface area (Å²) in [5, 5.41) is 11.0. The van der Waals surface area contributed by atoms with Crippen molar-refractivity contribution in [2.24, 2.45) is 0 Å². The second-order valence-electron chi connectivity index (χ2n) is 4.16. The van der Waals surface area contributed by atoms with Gasteiger partial charge in [0, 0.05) is 6.07 Å². The zero-order valence-electron chi connectivity index (χ0n) is 10.4. The molecule has 0 aromatic heterocycles. The molecule has 0 bridgehead atoms. The molecule has 1 amide bonds. The monoisotopic (exact) mass is 272 g/mol.